The number of hydrogen-bond acceptors (Lipinski definition) is 4. The maximum atomic E-state index is 12.2. The number of carbonyl (C=O) groups is 1. The van der Waals surface area contributed by atoms with Gasteiger partial charge in [0.05, 0.1) is 11.8 Å². The summed E-state index contributed by atoms with van der Waals surface area (Å²) in [6, 6.07) is 12.3. The molecule has 0 fully saturated rings. The van der Waals surface area contributed by atoms with Gasteiger partial charge < -0.3 is 9.88 Å². The number of amides is 1. The molecular weight excluding hydrogens is 320 g/mol. The summed E-state index contributed by atoms with van der Waals surface area (Å²) < 4.78 is 2.01. The third-order valence-corrected chi connectivity index (χ3v) is 5.00. The summed E-state index contributed by atoms with van der Waals surface area (Å²) in [7, 11) is 0. The van der Waals surface area contributed by atoms with E-state index in [4.69, 9.17) is 0 Å². The van der Waals surface area contributed by atoms with Gasteiger partial charge in [0.15, 0.2) is 5.16 Å². The first-order valence-electron chi connectivity index (χ1n) is 7.84. The number of rotatable bonds is 7. The van der Waals surface area contributed by atoms with E-state index in [9.17, 15) is 10.1 Å². The molecule has 2 aromatic rings. The van der Waals surface area contributed by atoms with Gasteiger partial charge in [0, 0.05) is 18.9 Å². The van der Waals surface area contributed by atoms with Crippen molar-refractivity contribution in [1.29, 1.82) is 5.26 Å². The fourth-order valence-corrected chi connectivity index (χ4v) is 2.85. The van der Waals surface area contributed by atoms with Crippen molar-refractivity contribution in [2.75, 3.05) is 5.75 Å². The van der Waals surface area contributed by atoms with E-state index in [1.165, 1.54) is 17.3 Å². The summed E-state index contributed by atoms with van der Waals surface area (Å²) in [5.41, 5.74) is 0.329. The molecule has 24 heavy (non-hydrogen) atoms. The smallest absolute Gasteiger partial charge is 0.231 e. The lowest BCUT2D eigenvalue weighted by atomic mass is 9.90. The second kappa shape index (κ2) is 8.02. The Balaban J connectivity index is 1.95. The molecule has 5 nitrogen and oxygen atoms in total. The Morgan fingerprint density at radius 3 is 2.75 bits per heavy atom. The molecule has 126 valence electrons. The minimum Gasteiger partial charge on any atom is -0.337 e. The van der Waals surface area contributed by atoms with Gasteiger partial charge in [0.2, 0.25) is 5.91 Å². The van der Waals surface area contributed by atoms with Crippen LogP contribution in [0.25, 0.3) is 0 Å². The average Bonchev–Trinajstić information content (AvgIpc) is 3.00. The lowest BCUT2D eigenvalue weighted by Crippen LogP contribution is -2.49. The van der Waals surface area contributed by atoms with Crippen LogP contribution in [-0.2, 0) is 11.3 Å². The van der Waals surface area contributed by atoms with Crippen molar-refractivity contribution >= 4 is 17.7 Å². The van der Waals surface area contributed by atoms with E-state index in [1.54, 1.807) is 13.1 Å². The largest absolute Gasteiger partial charge is 0.337 e. The van der Waals surface area contributed by atoms with E-state index in [2.05, 4.69) is 28.5 Å². The van der Waals surface area contributed by atoms with Crippen molar-refractivity contribution in [3.63, 3.8) is 0 Å². The molecular formula is C18H22N4OS. The summed E-state index contributed by atoms with van der Waals surface area (Å²) in [6.45, 7) is 6.30. The van der Waals surface area contributed by atoms with Crippen LogP contribution in [0, 0.1) is 17.2 Å². The highest BCUT2D eigenvalue weighted by Gasteiger charge is 2.29. The standard InChI is InChI=1S/C18H22N4OS/c1-14(2)18(3,13-19)21-16(23)12-24-17-20-9-10-22(17)11-15-7-5-4-6-8-15/h4-10,14H,11-12H2,1-3H3,(H,21,23)/t18-/m0/s1. The molecule has 0 radical (unpaired) electrons. The predicted molar refractivity (Wildman–Crippen MR) is 95.5 cm³/mol. The van der Waals surface area contributed by atoms with Crippen molar-refractivity contribution in [2.45, 2.75) is 38.0 Å². The molecule has 6 heteroatoms. The molecule has 0 bridgehead atoms. The van der Waals surface area contributed by atoms with E-state index in [-0.39, 0.29) is 17.6 Å². The second-order valence-electron chi connectivity index (χ2n) is 6.13. The molecule has 1 aromatic heterocycles. The summed E-state index contributed by atoms with van der Waals surface area (Å²) in [5, 5.41) is 12.9. The number of nitrogens with one attached hydrogen (secondary N) is 1. The minimum absolute atomic E-state index is 0.0384. The number of hydrogen-bond donors (Lipinski definition) is 1. The molecule has 0 aliphatic carbocycles. The number of carbonyl (C=O) groups excluding carboxylic acids is 1. The third kappa shape index (κ3) is 4.62. The fourth-order valence-electron chi connectivity index (χ4n) is 2.09. The zero-order valence-corrected chi connectivity index (χ0v) is 15.0. The zero-order chi connectivity index (χ0) is 17.6. The Hall–Kier alpha value is -2.26. The van der Waals surface area contributed by atoms with Crippen LogP contribution in [0.15, 0.2) is 47.9 Å². The molecule has 0 saturated heterocycles. The highest BCUT2D eigenvalue weighted by atomic mass is 32.2. The van der Waals surface area contributed by atoms with Gasteiger partial charge in [-0.2, -0.15) is 5.26 Å². The fraction of sp³-hybridized carbons (Fsp3) is 0.389. The number of thioether (sulfide) groups is 1. The quantitative estimate of drug-likeness (QED) is 0.785. The van der Waals surface area contributed by atoms with Crippen LogP contribution in [0.5, 0.6) is 0 Å². The van der Waals surface area contributed by atoms with Crippen LogP contribution < -0.4 is 5.32 Å². The van der Waals surface area contributed by atoms with Crippen molar-refractivity contribution < 1.29 is 4.79 Å². The first-order chi connectivity index (χ1) is 11.4. The van der Waals surface area contributed by atoms with E-state index in [1.807, 2.05) is 42.8 Å². The Morgan fingerprint density at radius 1 is 1.42 bits per heavy atom. The topological polar surface area (TPSA) is 70.7 Å². The monoisotopic (exact) mass is 342 g/mol. The van der Waals surface area contributed by atoms with Gasteiger partial charge in [-0.1, -0.05) is 55.9 Å². The van der Waals surface area contributed by atoms with Crippen molar-refractivity contribution in [3.8, 4) is 6.07 Å². The van der Waals surface area contributed by atoms with E-state index in [0.29, 0.717) is 6.54 Å². The molecule has 1 heterocycles. The minimum atomic E-state index is -0.850. The van der Waals surface area contributed by atoms with E-state index < -0.39 is 5.54 Å². The number of imidazole rings is 1. The number of nitriles is 1. The van der Waals surface area contributed by atoms with Gasteiger partial charge in [-0.3, -0.25) is 4.79 Å². The van der Waals surface area contributed by atoms with Crippen LogP contribution in [0.2, 0.25) is 0 Å². The van der Waals surface area contributed by atoms with Crippen LogP contribution >= 0.6 is 11.8 Å². The van der Waals surface area contributed by atoms with Crippen LogP contribution in [0.4, 0.5) is 0 Å². The van der Waals surface area contributed by atoms with E-state index >= 15 is 0 Å². The van der Waals surface area contributed by atoms with Crippen molar-refractivity contribution in [2.24, 2.45) is 5.92 Å². The van der Waals surface area contributed by atoms with Gasteiger partial charge >= 0.3 is 0 Å². The van der Waals surface area contributed by atoms with Crippen molar-refractivity contribution in [1.82, 2.24) is 14.9 Å². The first kappa shape index (κ1) is 18.1. The Labute approximate surface area is 147 Å². The van der Waals surface area contributed by atoms with E-state index in [0.717, 1.165) is 5.16 Å². The highest BCUT2D eigenvalue weighted by Crippen LogP contribution is 2.19. The Morgan fingerprint density at radius 2 is 2.12 bits per heavy atom. The second-order valence-corrected chi connectivity index (χ2v) is 7.07. The zero-order valence-electron chi connectivity index (χ0n) is 14.2. The summed E-state index contributed by atoms with van der Waals surface area (Å²) in [5.74, 6) is 0.110. The van der Waals surface area contributed by atoms with Crippen LogP contribution in [-0.4, -0.2) is 26.8 Å². The van der Waals surface area contributed by atoms with Gasteiger partial charge in [-0.05, 0) is 18.4 Å². The normalized spacial score (nSPS) is 13.3. The lowest BCUT2D eigenvalue weighted by molar-refractivity contribution is -0.120. The summed E-state index contributed by atoms with van der Waals surface area (Å²) >= 11 is 1.37. The SMILES string of the molecule is CC(C)[C@](C)(C#N)NC(=O)CSc1nccn1Cc1ccccc1. The summed E-state index contributed by atoms with van der Waals surface area (Å²) in [6.07, 6.45) is 3.64. The Bertz CT molecular complexity index is 720. The maximum Gasteiger partial charge on any atom is 0.231 e. The first-order valence-corrected chi connectivity index (χ1v) is 8.83. The number of benzene rings is 1. The van der Waals surface area contributed by atoms with Gasteiger partial charge in [0.25, 0.3) is 0 Å². The van der Waals surface area contributed by atoms with Crippen LogP contribution in [0.3, 0.4) is 0 Å². The summed E-state index contributed by atoms with van der Waals surface area (Å²) in [4.78, 5) is 16.5. The lowest BCUT2D eigenvalue weighted by Gasteiger charge is -2.27. The van der Waals surface area contributed by atoms with Crippen molar-refractivity contribution in [3.05, 3.63) is 48.3 Å². The third-order valence-electron chi connectivity index (χ3n) is 3.99. The Kier molecular flexibility index (Phi) is 6.04. The number of nitrogens with zero attached hydrogens (tertiary/aromatic N) is 3. The molecule has 1 aromatic carbocycles. The molecule has 2 rings (SSSR count). The maximum absolute atomic E-state index is 12.2. The molecule has 0 aliphatic heterocycles. The molecule has 1 N–H and O–H groups in total. The van der Waals surface area contributed by atoms with Gasteiger partial charge in [0.1, 0.15) is 5.54 Å². The molecule has 1 amide bonds. The van der Waals surface area contributed by atoms with Crippen LogP contribution in [0.1, 0.15) is 26.3 Å². The highest BCUT2D eigenvalue weighted by molar-refractivity contribution is 7.99. The molecule has 0 saturated carbocycles. The molecule has 0 aliphatic rings. The average molecular weight is 342 g/mol. The number of aromatic nitrogens is 2. The molecule has 0 spiro atoms. The van der Waals surface area contributed by atoms with Gasteiger partial charge in [-0.15, -0.1) is 0 Å². The molecule has 0 unspecified atom stereocenters. The molecule has 1 atom stereocenters. The van der Waals surface area contributed by atoms with Gasteiger partial charge in [-0.25, -0.2) is 4.98 Å². The predicted octanol–water partition coefficient (Wildman–Crippen LogP) is 3.08.